The molecule has 1 fully saturated rings. The van der Waals surface area contributed by atoms with E-state index in [4.69, 9.17) is 17.0 Å². The van der Waals surface area contributed by atoms with Gasteiger partial charge in [-0.1, -0.05) is 0 Å². The number of carbonyl (C=O) groups is 1. The normalized spacial score (nSPS) is 22.2. The number of amides is 1. The van der Waals surface area contributed by atoms with Gasteiger partial charge < -0.3 is 4.74 Å². The number of hydrogen-bond donors (Lipinski definition) is 0. The highest BCUT2D eigenvalue weighted by atomic mass is 32.1. The summed E-state index contributed by atoms with van der Waals surface area (Å²) in [5.41, 5.74) is 0. The minimum Gasteiger partial charge on any atom is -0.426 e. The first-order valence-corrected chi connectivity index (χ1v) is 3.24. The first-order chi connectivity index (χ1) is 4.66. The number of carbonyl (C=O) groups excluding carboxylic acids is 1. The van der Waals surface area contributed by atoms with Gasteiger partial charge in [-0.2, -0.15) is 0 Å². The Kier molecular flexibility index (Phi) is 1.72. The number of allylic oxidation sites excluding steroid dienone is 1. The van der Waals surface area contributed by atoms with Crippen LogP contribution in [0.25, 0.3) is 0 Å². The maximum absolute atomic E-state index is 11.0. The van der Waals surface area contributed by atoms with E-state index >= 15 is 0 Å². The van der Waals surface area contributed by atoms with E-state index in [1.807, 2.05) is 0 Å². The summed E-state index contributed by atoms with van der Waals surface area (Å²) in [6.45, 7) is 1.73. The molecule has 1 aliphatic rings. The Balaban J connectivity index is 2.92. The molecule has 0 saturated carbocycles. The summed E-state index contributed by atoms with van der Waals surface area (Å²) < 4.78 is 4.90. The second kappa shape index (κ2) is 2.38. The van der Waals surface area contributed by atoms with Gasteiger partial charge >= 0.3 is 0 Å². The van der Waals surface area contributed by atoms with Crippen molar-refractivity contribution in [2.75, 3.05) is 7.05 Å². The third-order valence-electron chi connectivity index (χ3n) is 1.25. The summed E-state index contributed by atoms with van der Waals surface area (Å²) in [5.74, 6) is 0.139. The maximum atomic E-state index is 11.0. The summed E-state index contributed by atoms with van der Waals surface area (Å²) in [7, 11) is 1.58. The van der Waals surface area contributed by atoms with Crippen LogP contribution in [0.4, 0.5) is 0 Å². The SMILES string of the molecule is C/C=C1\OC(=S)N(C)C1=O. The number of nitrogens with zero attached hydrogens (tertiary/aromatic N) is 1. The Morgan fingerprint density at radius 2 is 2.30 bits per heavy atom. The molecule has 0 atom stereocenters. The molecule has 0 spiro atoms. The monoisotopic (exact) mass is 157 g/mol. The third kappa shape index (κ3) is 0.903. The number of ether oxygens (including phenoxy) is 1. The molecule has 1 saturated heterocycles. The average molecular weight is 157 g/mol. The molecule has 1 amide bonds. The first kappa shape index (κ1) is 7.21. The van der Waals surface area contributed by atoms with E-state index in [-0.39, 0.29) is 11.1 Å². The Bertz CT molecular complexity index is 222. The topological polar surface area (TPSA) is 29.5 Å². The van der Waals surface area contributed by atoms with E-state index < -0.39 is 0 Å². The number of likely N-dealkylation sites (N-methyl/N-ethyl adjacent to an activating group) is 1. The maximum Gasteiger partial charge on any atom is 0.296 e. The predicted octanol–water partition coefficient (Wildman–Crippen LogP) is 0.664. The van der Waals surface area contributed by atoms with Crippen LogP contribution in [-0.4, -0.2) is 23.0 Å². The van der Waals surface area contributed by atoms with Gasteiger partial charge in [-0.25, -0.2) is 0 Å². The van der Waals surface area contributed by atoms with E-state index in [0.29, 0.717) is 5.76 Å². The molecule has 54 valence electrons. The summed E-state index contributed by atoms with van der Waals surface area (Å²) in [6, 6.07) is 0. The lowest BCUT2D eigenvalue weighted by Crippen LogP contribution is -2.22. The van der Waals surface area contributed by atoms with Gasteiger partial charge in [0.05, 0.1) is 0 Å². The molecule has 0 bridgehead atoms. The molecule has 0 aromatic carbocycles. The van der Waals surface area contributed by atoms with Gasteiger partial charge in [0.2, 0.25) is 0 Å². The van der Waals surface area contributed by atoms with Gasteiger partial charge in [0.15, 0.2) is 5.76 Å². The zero-order valence-electron chi connectivity index (χ0n) is 5.75. The van der Waals surface area contributed by atoms with E-state index in [0.717, 1.165) is 0 Å². The van der Waals surface area contributed by atoms with E-state index in [1.54, 1.807) is 20.0 Å². The zero-order chi connectivity index (χ0) is 7.72. The van der Waals surface area contributed by atoms with Crippen molar-refractivity contribution < 1.29 is 9.53 Å². The molecule has 1 aliphatic heterocycles. The third-order valence-corrected chi connectivity index (χ3v) is 1.61. The second-order valence-electron chi connectivity index (χ2n) is 1.89. The van der Waals surface area contributed by atoms with Gasteiger partial charge in [-0.15, -0.1) is 0 Å². The number of thiocarbonyl (C=S) groups is 1. The van der Waals surface area contributed by atoms with Gasteiger partial charge in [-0.05, 0) is 25.2 Å². The fourth-order valence-corrected chi connectivity index (χ4v) is 0.809. The van der Waals surface area contributed by atoms with Crippen LogP contribution < -0.4 is 0 Å². The van der Waals surface area contributed by atoms with Crippen molar-refractivity contribution in [3.8, 4) is 0 Å². The van der Waals surface area contributed by atoms with Crippen molar-refractivity contribution >= 4 is 23.3 Å². The average Bonchev–Trinajstić information content (AvgIpc) is 2.17. The van der Waals surface area contributed by atoms with Crippen molar-refractivity contribution in [3.05, 3.63) is 11.8 Å². The molecule has 10 heavy (non-hydrogen) atoms. The van der Waals surface area contributed by atoms with Crippen molar-refractivity contribution in [2.24, 2.45) is 0 Å². The summed E-state index contributed by atoms with van der Waals surface area (Å²) in [6.07, 6.45) is 1.60. The zero-order valence-corrected chi connectivity index (χ0v) is 6.57. The molecule has 0 unspecified atom stereocenters. The smallest absolute Gasteiger partial charge is 0.296 e. The molecule has 3 nitrogen and oxygen atoms in total. The van der Waals surface area contributed by atoms with Gasteiger partial charge in [0.25, 0.3) is 11.1 Å². The molecular weight excluding hydrogens is 150 g/mol. The molecule has 1 rings (SSSR count). The predicted molar refractivity (Wildman–Crippen MR) is 40.2 cm³/mol. The van der Waals surface area contributed by atoms with Gasteiger partial charge in [0, 0.05) is 7.05 Å². The minimum absolute atomic E-state index is 0.174. The summed E-state index contributed by atoms with van der Waals surface area (Å²) in [5, 5.41) is 0.220. The van der Waals surface area contributed by atoms with Crippen LogP contribution in [-0.2, 0) is 9.53 Å². The van der Waals surface area contributed by atoms with E-state index in [2.05, 4.69) is 0 Å². The number of rotatable bonds is 0. The van der Waals surface area contributed by atoms with Crippen LogP contribution in [0.3, 0.4) is 0 Å². The van der Waals surface area contributed by atoms with Crippen LogP contribution in [0.5, 0.6) is 0 Å². The Morgan fingerprint density at radius 1 is 1.70 bits per heavy atom. The Labute approximate surface area is 64.3 Å². The largest absolute Gasteiger partial charge is 0.426 e. The Morgan fingerprint density at radius 3 is 2.50 bits per heavy atom. The molecule has 0 N–H and O–H groups in total. The van der Waals surface area contributed by atoms with Crippen LogP contribution in [0, 0.1) is 0 Å². The minimum atomic E-state index is -0.174. The van der Waals surface area contributed by atoms with Crippen LogP contribution >= 0.6 is 12.2 Å². The van der Waals surface area contributed by atoms with Crippen LogP contribution in [0.15, 0.2) is 11.8 Å². The Hall–Kier alpha value is -0.900. The molecule has 0 aliphatic carbocycles. The lowest BCUT2D eigenvalue weighted by atomic mass is 10.4. The fraction of sp³-hybridized carbons (Fsp3) is 0.333. The molecular formula is C6H7NO2S. The van der Waals surface area contributed by atoms with E-state index in [1.165, 1.54) is 4.90 Å². The first-order valence-electron chi connectivity index (χ1n) is 2.83. The molecule has 4 heteroatoms. The van der Waals surface area contributed by atoms with E-state index in [9.17, 15) is 4.79 Å². The lowest BCUT2D eigenvalue weighted by molar-refractivity contribution is -0.122. The standard InChI is InChI=1S/C6H7NO2S/c1-3-4-5(8)7(2)6(10)9-4/h3H,1-2H3/b4-3-. The molecule has 0 radical (unpaired) electrons. The van der Waals surface area contributed by atoms with Crippen molar-refractivity contribution in [3.63, 3.8) is 0 Å². The molecule has 1 heterocycles. The summed E-state index contributed by atoms with van der Waals surface area (Å²) in [4.78, 5) is 12.3. The van der Waals surface area contributed by atoms with Crippen molar-refractivity contribution in [2.45, 2.75) is 6.92 Å². The quantitative estimate of drug-likeness (QED) is 0.382. The fourth-order valence-electron chi connectivity index (χ4n) is 0.637. The van der Waals surface area contributed by atoms with Crippen LogP contribution in [0.2, 0.25) is 0 Å². The van der Waals surface area contributed by atoms with Crippen molar-refractivity contribution in [1.82, 2.24) is 4.90 Å². The highest BCUT2D eigenvalue weighted by Gasteiger charge is 2.28. The number of hydrogen-bond acceptors (Lipinski definition) is 3. The molecule has 0 aromatic heterocycles. The second-order valence-corrected chi connectivity index (χ2v) is 2.23. The van der Waals surface area contributed by atoms with Crippen LogP contribution in [0.1, 0.15) is 6.92 Å². The van der Waals surface area contributed by atoms with Crippen molar-refractivity contribution in [1.29, 1.82) is 0 Å². The van der Waals surface area contributed by atoms with Gasteiger partial charge in [0.1, 0.15) is 0 Å². The lowest BCUT2D eigenvalue weighted by Gasteiger charge is -1.99. The summed E-state index contributed by atoms with van der Waals surface area (Å²) >= 11 is 4.70. The highest BCUT2D eigenvalue weighted by Crippen LogP contribution is 2.13. The van der Waals surface area contributed by atoms with Gasteiger partial charge in [-0.3, -0.25) is 9.69 Å². The molecule has 0 aromatic rings. The highest BCUT2D eigenvalue weighted by molar-refractivity contribution is 7.80.